The Kier molecular flexibility index (Phi) is 9.31. The average Bonchev–Trinajstić information content (AvgIpc) is 2.86. The number of carbonyl (C=O) groups is 2. The molecule has 2 N–H and O–H groups in total. The molecule has 37 heavy (non-hydrogen) atoms. The minimum Gasteiger partial charge on any atom is -0.508 e. The van der Waals surface area contributed by atoms with Gasteiger partial charge in [0.1, 0.15) is 17.2 Å². The van der Waals surface area contributed by atoms with Gasteiger partial charge >= 0.3 is 11.9 Å². The van der Waals surface area contributed by atoms with Gasteiger partial charge in [0.05, 0.1) is 6.61 Å². The molecule has 0 fully saturated rings. The van der Waals surface area contributed by atoms with Crippen LogP contribution in [0.2, 0.25) is 0 Å². The number of amides is 1. The fraction of sp³-hybridized carbons (Fsp3) is 0.333. The largest absolute Gasteiger partial charge is 0.508 e. The number of anilines is 1. The molecule has 0 aliphatic heterocycles. The minimum absolute atomic E-state index is 0.131. The van der Waals surface area contributed by atoms with Crippen LogP contribution in [0.4, 0.5) is 5.69 Å². The SMILES string of the molecule is CCOC(=O)C(=O)Nc1cc(C)c(Oc2ccc(O)c(CN(C(C)C)C(C)c3ccccc3)c2)c(C)c1. The summed E-state index contributed by atoms with van der Waals surface area (Å²) in [6, 6.07) is 19.4. The third-order valence-corrected chi connectivity index (χ3v) is 6.25. The van der Waals surface area contributed by atoms with Crippen LogP contribution in [0.1, 0.15) is 56.0 Å². The molecule has 1 amide bonds. The standard InChI is InChI=1S/C30H36N2O5/c1-7-36-30(35)29(34)31-25-15-20(4)28(21(5)16-25)37-26-13-14-27(33)24(17-26)18-32(19(2)3)22(6)23-11-9-8-10-12-23/h8-17,19,22,33H,7,18H2,1-6H3,(H,31,34). The highest BCUT2D eigenvalue weighted by Gasteiger charge is 2.21. The number of phenols is 1. The topological polar surface area (TPSA) is 88.1 Å². The van der Waals surface area contributed by atoms with Crippen LogP contribution in [0.15, 0.2) is 60.7 Å². The normalized spacial score (nSPS) is 11.9. The molecule has 7 nitrogen and oxygen atoms in total. The van der Waals surface area contributed by atoms with Crippen LogP contribution < -0.4 is 10.1 Å². The number of aromatic hydroxyl groups is 1. The smallest absolute Gasteiger partial charge is 0.397 e. The van der Waals surface area contributed by atoms with Crippen LogP contribution in [-0.2, 0) is 20.9 Å². The quantitative estimate of drug-likeness (QED) is 0.264. The van der Waals surface area contributed by atoms with Crippen molar-refractivity contribution in [2.75, 3.05) is 11.9 Å². The minimum atomic E-state index is -0.924. The van der Waals surface area contributed by atoms with E-state index in [9.17, 15) is 14.7 Å². The fourth-order valence-electron chi connectivity index (χ4n) is 4.32. The van der Waals surface area contributed by atoms with E-state index in [1.54, 1.807) is 31.2 Å². The Bertz CT molecular complexity index is 1220. The van der Waals surface area contributed by atoms with Crippen LogP contribution in [-0.4, -0.2) is 34.5 Å². The number of benzene rings is 3. The molecule has 0 bridgehead atoms. The van der Waals surface area contributed by atoms with E-state index in [4.69, 9.17) is 9.47 Å². The van der Waals surface area contributed by atoms with Gasteiger partial charge in [0.2, 0.25) is 0 Å². The van der Waals surface area contributed by atoms with E-state index in [1.807, 2.05) is 38.1 Å². The highest BCUT2D eigenvalue weighted by Crippen LogP contribution is 2.35. The van der Waals surface area contributed by atoms with Gasteiger partial charge in [-0.1, -0.05) is 30.3 Å². The summed E-state index contributed by atoms with van der Waals surface area (Å²) in [5.74, 6) is -0.296. The summed E-state index contributed by atoms with van der Waals surface area (Å²) in [4.78, 5) is 26.0. The number of hydrogen-bond acceptors (Lipinski definition) is 6. The first-order valence-electron chi connectivity index (χ1n) is 12.5. The van der Waals surface area contributed by atoms with Crippen molar-refractivity contribution in [2.24, 2.45) is 0 Å². The first kappa shape index (κ1) is 27.7. The second-order valence-corrected chi connectivity index (χ2v) is 9.36. The number of ether oxygens (including phenoxy) is 2. The molecule has 0 saturated carbocycles. The lowest BCUT2D eigenvalue weighted by molar-refractivity contribution is -0.152. The van der Waals surface area contributed by atoms with Gasteiger partial charge in [-0.2, -0.15) is 0 Å². The van der Waals surface area contributed by atoms with Crippen molar-refractivity contribution in [1.29, 1.82) is 0 Å². The molecule has 0 radical (unpaired) electrons. The molecule has 0 spiro atoms. The number of esters is 1. The Hall–Kier alpha value is -3.84. The Labute approximate surface area is 219 Å². The summed E-state index contributed by atoms with van der Waals surface area (Å²) in [5, 5.41) is 13.2. The number of nitrogens with zero attached hydrogens (tertiary/aromatic N) is 1. The molecular formula is C30H36N2O5. The van der Waals surface area contributed by atoms with Crippen LogP contribution in [0, 0.1) is 13.8 Å². The zero-order valence-electron chi connectivity index (χ0n) is 22.4. The Morgan fingerprint density at radius 1 is 0.973 bits per heavy atom. The van der Waals surface area contributed by atoms with E-state index < -0.39 is 11.9 Å². The van der Waals surface area contributed by atoms with Gasteiger partial charge in [0.25, 0.3) is 0 Å². The number of carbonyl (C=O) groups excluding carboxylic acids is 2. The molecule has 0 aliphatic carbocycles. The van der Waals surface area contributed by atoms with Gasteiger partial charge in [-0.25, -0.2) is 4.79 Å². The third kappa shape index (κ3) is 7.11. The van der Waals surface area contributed by atoms with Crippen LogP contribution in [0.5, 0.6) is 17.2 Å². The molecule has 0 aliphatic rings. The number of nitrogens with one attached hydrogen (secondary N) is 1. The zero-order chi connectivity index (χ0) is 27.1. The van der Waals surface area contributed by atoms with Gasteiger partial charge in [-0.3, -0.25) is 9.69 Å². The van der Waals surface area contributed by atoms with Crippen molar-refractivity contribution in [1.82, 2.24) is 4.90 Å². The lowest BCUT2D eigenvalue weighted by Gasteiger charge is -2.33. The maximum absolute atomic E-state index is 12.0. The molecule has 0 saturated heterocycles. The van der Waals surface area contributed by atoms with Crippen LogP contribution >= 0.6 is 0 Å². The summed E-state index contributed by atoms with van der Waals surface area (Å²) in [5.41, 5.74) is 4.03. The maximum Gasteiger partial charge on any atom is 0.397 e. The van der Waals surface area contributed by atoms with Crippen LogP contribution in [0.3, 0.4) is 0 Å². The van der Waals surface area contributed by atoms with Crippen molar-refractivity contribution < 1.29 is 24.2 Å². The molecule has 3 aromatic rings. The zero-order valence-corrected chi connectivity index (χ0v) is 22.4. The summed E-state index contributed by atoms with van der Waals surface area (Å²) in [7, 11) is 0. The van der Waals surface area contributed by atoms with Crippen molar-refractivity contribution in [3.8, 4) is 17.2 Å². The predicted octanol–water partition coefficient (Wildman–Crippen LogP) is 6.27. The summed E-state index contributed by atoms with van der Waals surface area (Å²) >= 11 is 0. The summed E-state index contributed by atoms with van der Waals surface area (Å²) < 4.78 is 11.0. The van der Waals surface area contributed by atoms with Crippen molar-refractivity contribution >= 4 is 17.6 Å². The van der Waals surface area contributed by atoms with E-state index in [0.29, 0.717) is 23.7 Å². The molecule has 1 atom stereocenters. The summed E-state index contributed by atoms with van der Waals surface area (Å²) in [6.45, 7) is 12.5. The maximum atomic E-state index is 12.0. The van der Waals surface area contributed by atoms with Crippen molar-refractivity contribution in [3.63, 3.8) is 0 Å². The molecule has 196 valence electrons. The second kappa shape index (κ2) is 12.4. The monoisotopic (exact) mass is 504 g/mol. The van der Waals surface area contributed by atoms with Gasteiger partial charge < -0.3 is 19.9 Å². The lowest BCUT2D eigenvalue weighted by Crippen LogP contribution is -2.33. The fourth-order valence-corrected chi connectivity index (χ4v) is 4.32. The van der Waals surface area contributed by atoms with Gasteiger partial charge in [0.15, 0.2) is 0 Å². The van der Waals surface area contributed by atoms with E-state index >= 15 is 0 Å². The van der Waals surface area contributed by atoms with E-state index in [1.165, 1.54) is 5.56 Å². The first-order chi connectivity index (χ1) is 17.6. The molecule has 7 heteroatoms. The number of aryl methyl sites for hydroxylation is 2. The average molecular weight is 505 g/mol. The van der Waals surface area contributed by atoms with Gasteiger partial charge in [-0.15, -0.1) is 0 Å². The first-order valence-corrected chi connectivity index (χ1v) is 12.5. The van der Waals surface area contributed by atoms with Crippen molar-refractivity contribution in [3.05, 3.63) is 82.9 Å². The van der Waals surface area contributed by atoms with Gasteiger partial charge in [0, 0.05) is 29.9 Å². The molecule has 3 rings (SSSR count). The Morgan fingerprint density at radius 3 is 2.22 bits per heavy atom. The third-order valence-electron chi connectivity index (χ3n) is 6.25. The van der Waals surface area contributed by atoms with E-state index in [0.717, 1.165) is 16.7 Å². The highest BCUT2D eigenvalue weighted by molar-refractivity contribution is 6.37. The Balaban J connectivity index is 1.81. The molecular weight excluding hydrogens is 468 g/mol. The van der Waals surface area contributed by atoms with Crippen LogP contribution in [0.25, 0.3) is 0 Å². The van der Waals surface area contributed by atoms with Gasteiger partial charge in [-0.05, 0) is 88.6 Å². The molecule has 3 aromatic carbocycles. The lowest BCUT2D eigenvalue weighted by atomic mass is 10.0. The Morgan fingerprint density at radius 2 is 1.62 bits per heavy atom. The number of rotatable bonds is 9. The number of phenolic OH excluding ortho intramolecular Hbond substituents is 1. The molecule has 1 unspecified atom stereocenters. The molecule has 0 heterocycles. The van der Waals surface area contributed by atoms with E-state index in [2.05, 4.69) is 43.1 Å². The van der Waals surface area contributed by atoms with E-state index in [-0.39, 0.29) is 24.4 Å². The second-order valence-electron chi connectivity index (χ2n) is 9.36. The highest BCUT2D eigenvalue weighted by atomic mass is 16.5. The summed E-state index contributed by atoms with van der Waals surface area (Å²) in [6.07, 6.45) is 0. The molecule has 0 aromatic heterocycles. The predicted molar refractivity (Wildman–Crippen MR) is 145 cm³/mol. The number of hydrogen-bond donors (Lipinski definition) is 2. The van der Waals surface area contributed by atoms with Crippen molar-refractivity contribution in [2.45, 2.75) is 60.2 Å².